The van der Waals surface area contributed by atoms with E-state index in [9.17, 15) is 14.4 Å². The van der Waals surface area contributed by atoms with Crippen molar-refractivity contribution in [2.24, 2.45) is 11.8 Å². The van der Waals surface area contributed by atoms with Gasteiger partial charge in [0.1, 0.15) is 6.61 Å². The number of carboxylic acids is 1. The highest BCUT2D eigenvalue weighted by molar-refractivity contribution is 5.86. The van der Waals surface area contributed by atoms with Crippen LogP contribution >= 0.6 is 0 Å². The number of amides is 2. The predicted molar refractivity (Wildman–Crippen MR) is 129 cm³/mol. The van der Waals surface area contributed by atoms with Gasteiger partial charge >= 0.3 is 12.1 Å². The molecule has 0 aromatic heterocycles. The Kier molecular flexibility index (Phi) is 8.69. The maximum absolute atomic E-state index is 12.5. The Morgan fingerprint density at radius 2 is 1.62 bits per heavy atom. The van der Waals surface area contributed by atoms with E-state index in [1.807, 2.05) is 30.2 Å². The number of carbonyl (C=O) groups excluding carboxylic acids is 2. The molecule has 178 valence electrons. The summed E-state index contributed by atoms with van der Waals surface area (Å²) in [5.41, 5.74) is 4.64. The molecule has 0 saturated carbocycles. The third kappa shape index (κ3) is 6.85. The lowest BCUT2D eigenvalue weighted by molar-refractivity contribution is -0.130. The van der Waals surface area contributed by atoms with E-state index >= 15 is 0 Å². The number of ether oxygens (including phenoxy) is 1. The first-order valence-corrected chi connectivity index (χ1v) is 11.4. The van der Waals surface area contributed by atoms with Gasteiger partial charge in [-0.1, -0.05) is 68.3 Å². The Hall–Kier alpha value is -3.79. The van der Waals surface area contributed by atoms with Crippen molar-refractivity contribution < 1.29 is 24.2 Å². The number of carbonyl (C=O) groups is 3. The molecule has 2 aromatic rings. The summed E-state index contributed by atoms with van der Waals surface area (Å²) in [6, 6.07) is 16.3. The Morgan fingerprint density at radius 1 is 1.00 bits per heavy atom. The second-order valence-electron chi connectivity index (χ2n) is 8.79. The van der Waals surface area contributed by atoms with E-state index in [1.165, 1.54) is 11.1 Å². The van der Waals surface area contributed by atoms with Crippen LogP contribution in [-0.4, -0.2) is 42.8 Å². The molecule has 2 amide bonds. The van der Waals surface area contributed by atoms with Gasteiger partial charge in [0.2, 0.25) is 5.91 Å². The fourth-order valence-corrected chi connectivity index (χ4v) is 4.38. The molecule has 0 aliphatic heterocycles. The fourth-order valence-electron chi connectivity index (χ4n) is 4.38. The normalized spacial score (nSPS) is 12.7. The van der Waals surface area contributed by atoms with E-state index in [-0.39, 0.29) is 37.3 Å². The molecule has 1 atom stereocenters. The molecule has 7 heteroatoms. The van der Waals surface area contributed by atoms with E-state index < -0.39 is 12.1 Å². The van der Waals surface area contributed by atoms with Crippen LogP contribution in [-0.2, 0) is 14.3 Å². The number of hydrogen-bond acceptors (Lipinski definition) is 4. The van der Waals surface area contributed by atoms with Gasteiger partial charge in [-0.15, -0.1) is 0 Å². The van der Waals surface area contributed by atoms with E-state index in [1.54, 1.807) is 0 Å². The lowest BCUT2D eigenvalue weighted by Gasteiger charge is -2.20. The first-order valence-electron chi connectivity index (χ1n) is 11.4. The molecule has 1 aliphatic rings. The Labute approximate surface area is 199 Å². The first-order chi connectivity index (χ1) is 16.3. The van der Waals surface area contributed by atoms with Gasteiger partial charge in [0.25, 0.3) is 0 Å². The van der Waals surface area contributed by atoms with Crippen molar-refractivity contribution >= 4 is 18.0 Å². The Bertz CT molecular complexity index is 1050. The van der Waals surface area contributed by atoms with Crippen molar-refractivity contribution in [2.45, 2.75) is 32.6 Å². The maximum atomic E-state index is 12.5. The fraction of sp³-hybridized carbons (Fsp3) is 0.370. The van der Waals surface area contributed by atoms with Crippen LogP contribution in [0.4, 0.5) is 4.79 Å². The van der Waals surface area contributed by atoms with Crippen molar-refractivity contribution in [3.8, 4) is 23.0 Å². The SMILES string of the molecule is CC(C)CC(CNC(=O)OCC1c2ccccc2-c2ccccc21)CC(=O)NCC#CC(=O)O. The molecule has 0 spiro atoms. The van der Waals surface area contributed by atoms with Gasteiger partial charge in [0, 0.05) is 24.8 Å². The summed E-state index contributed by atoms with van der Waals surface area (Å²) in [5, 5.41) is 13.9. The van der Waals surface area contributed by atoms with Crippen LogP contribution in [0.5, 0.6) is 0 Å². The van der Waals surface area contributed by atoms with Crippen LogP contribution in [0, 0.1) is 23.7 Å². The zero-order valence-electron chi connectivity index (χ0n) is 19.5. The molecule has 0 saturated heterocycles. The third-order valence-electron chi connectivity index (χ3n) is 5.73. The van der Waals surface area contributed by atoms with Gasteiger partial charge in [0.05, 0.1) is 6.54 Å². The zero-order valence-corrected chi connectivity index (χ0v) is 19.5. The number of fused-ring (bicyclic) bond motifs is 3. The number of nitrogens with one attached hydrogen (secondary N) is 2. The topological polar surface area (TPSA) is 105 Å². The summed E-state index contributed by atoms with van der Waals surface area (Å²) < 4.78 is 5.58. The van der Waals surface area contributed by atoms with E-state index in [2.05, 4.69) is 54.7 Å². The van der Waals surface area contributed by atoms with Crippen molar-refractivity contribution in [3.63, 3.8) is 0 Å². The number of rotatable bonds is 9. The predicted octanol–water partition coefficient (Wildman–Crippen LogP) is 3.78. The largest absolute Gasteiger partial charge is 0.472 e. The third-order valence-corrected chi connectivity index (χ3v) is 5.73. The van der Waals surface area contributed by atoms with Crippen LogP contribution in [0.2, 0.25) is 0 Å². The van der Waals surface area contributed by atoms with Gasteiger partial charge in [-0.25, -0.2) is 9.59 Å². The molecule has 0 fully saturated rings. The summed E-state index contributed by atoms with van der Waals surface area (Å²) in [7, 11) is 0. The van der Waals surface area contributed by atoms with E-state index in [0.29, 0.717) is 12.5 Å². The first kappa shape index (κ1) is 24.8. The minimum absolute atomic E-state index is 0.0118. The molecule has 0 radical (unpaired) electrons. The number of hydrogen-bond donors (Lipinski definition) is 3. The molecule has 7 nitrogen and oxygen atoms in total. The molecule has 0 heterocycles. The van der Waals surface area contributed by atoms with Crippen LogP contribution in [0.25, 0.3) is 11.1 Å². The number of carboxylic acid groups (broad SMARTS) is 1. The van der Waals surface area contributed by atoms with Gasteiger partial charge in [-0.3, -0.25) is 4.79 Å². The number of alkyl carbamates (subject to hydrolysis) is 1. The summed E-state index contributed by atoms with van der Waals surface area (Å²) in [5.74, 6) is 3.10. The summed E-state index contributed by atoms with van der Waals surface area (Å²) in [6.45, 7) is 4.62. The quantitative estimate of drug-likeness (QED) is 0.492. The van der Waals surface area contributed by atoms with E-state index in [4.69, 9.17) is 9.84 Å². The average molecular weight is 463 g/mol. The zero-order chi connectivity index (χ0) is 24.5. The van der Waals surface area contributed by atoms with Crippen LogP contribution < -0.4 is 10.6 Å². The number of aliphatic carboxylic acids is 1. The molecule has 0 bridgehead atoms. The average Bonchev–Trinajstić information content (AvgIpc) is 3.12. The smallest absolute Gasteiger partial charge is 0.407 e. The second kappa shape index (κ2) is 11.9. The highest BCUT2D eigenvalue weighted by atomic mass is 16.5. The minimum atomic E-state index is -1.24. The van der Waals surface area contributed by atoms with Gasteiger partial charge < -0.3 is 20.5 Å². The summed E-state index contributed by atoms with van der Waals surface area (Å²) in [4.78, 5) is 35.1. The van der Waals surface area contributed by atoms with Crippen molar-refractivity contribution in [1.82, 2.24) is 10.6 Å². The molecule has 3 N–H and O–H groups in total. The van der Waals surface area contributed by atoms with Gasteiger partial charge in [-0.2, -0.15) is 0 Å². The number of benzene rings is 2. The van der Waals surface area contributed by atoms with Crippen LogP contribution in [0.3, 0.4) is 0 Å². The molecular weight excluding hydrogens is 432 g/mol. The van der Waals surface area contributed by atoms with Crippen LogP contribution in [0.15, 0.2) is 48.5 Å². The summed E-state index contributed by atoms with van der Waals surface area (Å²) in [6.07, 6.45) is 0.442. The molecule has 2 aromatic carbocycles. The monoisotopic (exact) mass is 462 g/mol. The standard InChI is InChI=1S/C27H30N2O5/c1-18(2)14-19(15-25(30)28-13-7-12-26(31)32)16-29-27(33)34-17-24-22-10-5-3-8-20(22)21-9-4-6-11-23(21)24/h3-6,8-11,18-19,24H,13-17H2,1-2H3,(H,28,30)(H,29,33)(H,31,32). The maximum Gasteiger partial charge on any atom is 0.407 e. The molecule has 1 unspecified atom stereocenters. The highest BCUT2D eigenvalue weighted by Gasteiger charge is 2.29. The van der Waals surface area contributed by atoms with Crippen molar-refractivity contribution in [1.29, 1.82) is 0 Å². The van der Waals surface area contributed by atoms with Gasteiger partial charge in [0.15, 0.2) is 0 Å². The molecule has 1 aliphatic carbocycles. The van der Waals surface area contributed by atoms with Crippen LogP contribution in [0.1, 0.15) is 43.7 Å². The molecule has 3 rings (SSSR count). The van der Waals surface area contributed by atoms with Gasteiger partial charge in [-0.05, 0) is 40.5 Å². The van der Waals surface area contributed by atoms with Crippen molar-refractivity contribution in [3.05, 3.63) is 59.7 Å². The van der Waals surface area contributed by atoms with Crippen molar-refractivity contribution in [2.75, 3.05) is 19.7 Å². The Morgan fingerprint density at radius 3 is 2.21 bits per heavy atom. The van der Waals surface area contributed by atoms with E-state index in [0.717, 1.165) is 17.5 Å². The lowest BCUT2D eigenvalue weighted by Crippen LogP contribution is -2.34. The minimum Gasteiger partial charge on any atom is -0.472 e. The highest BCUT2D eigenvalue weighted by Crippen LogP contribution is 2.44. The summed E-state index contributed by atoms with van der Waals surface area (Å²) >= 11 is 0. The Balaban J connectivity index is 1.52. The lowest BCUT2D eigenvalue weighted by atomic mass is 9.94. The molecule has 34 heavy (non-hydrogen) atoms. The molecular formula is C27H30N2O5. The second-order valence-corrected chi connectivity index (χ2v) is 8.79.